The molecule has 0 radical (unpaired) electrons. The summed E-state index contributed by atoms with van der Waals surface area (Å²) in [6.45, 7) is 4.00. The lowest BCUT2D eigenvalue weighted by molar-refractivity contribution is -0.143. The molecule has 2 aliphatic heterocycles. The molecule has 2 heterocycles. The summed E-state index contributed by atoms with van der Waals surface area (Å²) in [7, 11) is 0. The molecule has 0 bridgehead atoms. The first-order valence-corrected chi connectivity index (χ1v) is 9.83. The molecule has 0 unspecified atom stereocenters. The van der Waals surface area contributed by atoms with E-state index in [4.69, 9.17) is 4.74 Å². The van der Waals surface area contributed by atoms with Gasteiger partial charge in [-0.25, -0.2) is 0 Å². The minimum atomic E-state index is 0.0489. The molecule has 4 rings (SSSR count). The normalized spacial score (nSPS) is 18.7. The second-order valence-corrected chi connectivity index (χ2v) is 7.45. The van der Waals surface area contributed by atoms with Crippen LogP contribution in [0.1, 0.15) is 18.4 Å². The number of piperidine rings is 1. The van der Waals surface area contributed by atoms with E-state index < -0.39 is 0 Å². The van der Waals surface area contributed by atoms with Crippen LogP contribution in [0.25, 0.3) is 10.8 Å². The summed E-state index contributed by atoms with van der Waals surface area (Å²) < 4.78 is 5.32. The lowest BCUT2D eigenvalue weighted by atomic mass is 9.94. The number of fused-ring (bicyclic) bond motifs is 1. The molecular formula is C22H26N2O3. The van der Waals surface area contributed by atoms with Gasteiger partial charge in [0.15, 0.2) is 0 Å². The van der Waals surface area contributed by atoms with E-state index in [1.54, 1.807) is 0 Å². The minimum absolute atomic E-state index is 0.0489. The fraction of sp³-hybridized carbons (Fsp3) is 0.455. The zero-order valence-corrected chi connectivity index (χ0v) is 15.6. The van der Waals surface area contributed by atoms with Crippen LogP contribution >= 0.6 is 0 Å². The highest BCUT2D eigenvalue weighted by molar-refractivity contribution is 5.85. The Hall–Kier alpha value is -2.40. The number of carbonyl (C=O) groups is 2. The molecule has 0 spiro atoms. The fourth-order valence-corrected chi connectivity index (χ4v) is 4.05. The molecule has 2 aromatic rings. The molecule has 0 N–H and O–H groups in total. The molecule has 142 valence electrons. The molecular weight excluding hydrogens is 340 g/mol. The molecule has 2 aromatic carbocycles. The molecule has 2 amide bonds. The number of amides is 2. The predicted octanol–water partition coefficient (Wildman–Crippen LogP) is 2.48. The number of hydrogen-bond donors (Lipinski definition) is 0. The number of ether oxygens (including phenoxy) is 1. The summed E-state index contributed by atoms with van der Waals surface area (Å²) in [6, 6.07) is 14.4. The van der Waals surface area contributed by atoms with Gasteiger partial charge in [0.2, 0.25) is 11.8 Å². The van der Waals surface area contributed by atoms with E-state index in [0.717, 1.165) is 23.8 Å². The van der Waals surface area contributed by atoms with Crippen molar-refractivity contribution in [1.29, 1.82) is 0 Å². The SMILES string of the molecule is O=C(Cc1ccc2ccccc2c1)N1CCC(C(=O)N2CCOCC2)CC1. The van der Waals surface area contributed by atoms with Gasteiger partial charge in [0.1, 0.15) is 0 Å². The van der Waals surface area contributed by atoms with E-state index in [9.17, 15) is 9.59 Å². The van der Waals surface area contributed by atoms with Gasteiger partial charge in [0, 0.05) is 32.1 Å². The maximum atomic E-state index is 12.7. The van der Waals surface area contributed by atoms with Gasteiger partial charge in [-0.15, -0.1) is 0 Å². The number of morpholine rings is 1. The van der Waals surface area contributed by atoms with Crippen molar-refractivity contribution in [2.24, 2.45) is 5.92 Å². The molecule has 0 aromatic heterocycles. The van der Waals surface area contributed by atoms with E-state index in [1.807, 2.05) is 28.0 Å². The number of nitrogens with zero attached hydrogens (tertiary/aromatic N) is 2. The summed E-state index contributed by atoms with van der Waals surface area (Å²) in [5.74, 6) is 0.440. The fourth-order valence-electron chi connectivity index (χ4n) is 4.05. The lowest BCUT2D eigenvalue weighted by Crippen LogP contribution is -2.47. The van der Waals surface area contributed by atoms with Crippen molar-refractivity contribution < 1.29 is 14.3 Å². The molecule has 27 heavy (non-hydrogen) atoms. The Labute approximate surface area is 159 Å². The summed E-state index contributed by atoms with van der Waals surface area (Å²) in [4.78, 5) is 29.1. The maximum absolute atomic E-state index is 12.7. The van der Waals surface area contributed by atoms with E-state index >= 15 is 0 Å². The summed E-state index contributed by atoms with van der Waals surface area (Å²) >= 11 is 0. The largest absolute Gasteiger partial charge is 0.378 e. The van der Waals surface area contributed by atoms with E-state index in [1.165, 1.54) is 5.39 Å². The minimum Gasteiger partial charge on any atom is -0.378 e. The summed E-state index contributed by atoms with van der Waals surface area (Å²) in [5.41, 5.74) is 1.05. The Morgan fingerprint density at radius 3 is 2.33 bits per heavy atom. The number of rotatable bonds is 3. The first-order valence-electron chi connectivity index (χ1n) is 9.83. The van der Waals surface area contributed by atoms with Gasteiger partial charge in [0.05, 0.1) is 19.6 Å². The molecule has 0 saturated carbocycles. The Morgan fingerprint density at radius 2 is 1.59 bits per heavy atom. The molecule has 0 aliphatic carbocycles. The van der Waals surface area contributed by atoms with E-state index in [-0.39, 0.29) is 17.7 Å². The van der Waals surface area contributed by atoms with Crippen LogP contribution in [0.5, 0.6) is 0 Å². The van der Waals surface area contributed by atoms with Crippen molar-refractivity contribution in [2.75, 3.05) is 39.4 Å². The van der Waals surface area contributed by atoms with Crippen LogP contribution < -0.4 is 0 Å². The van der Waals surface area contributed by atoms with Gasteiger partial charge < -0.3 is 14.5 Å². The third-order valence-electron chi connectivity index (χ3n) is 5.69. The Kier molecular flexibility index (Phi) is 5.39. The molecule has 2 fully saturated rings. The van der Waals surface area contributed by atoms with Gasteiger partial charge in [-0.2, -0.15) is 0 Å². The zero-order valence-electron chi connectivity index (χ0n) is 15.6. The highest BCUT2D eigenvalue weighted by atomic mass is 16.5. The monoisotopic (exact) mass is 366 g/mol. The number of carbonyl (C=O) groups excluding carboxylic acids is 2. The highest BCUT2D eigenvalue weighted by Gasteiger charge is 2.30. The molecule has 0 atom stereocenters. The molecule has 2 saturated heterocycles. The summed E-state index contributed by atoms with van der Waals surface area (Å²) in [5, 5.41) is 2.36. The maximum Gasteiger partial charge on any atom is 0.226 e. The van der Waals surface area contributed by atoms with Crippen molar-refractivity contribution >= 4 is 22.6 Å². The first-order chi connectivity index (χ1) is 13.2. The molecule has 5 nitrogen and oxygen atoms in total. The van der Waals surface area contributed by atoms with Crippen molar-refractivity contribution in [1.82, 2.24) is 9.80 Å². The van der Waals surface area contributed by atoms with Gasteiger partial charge in [-0.3, -0.25) is 9.59 Å². The highest BCUT2D eigenvalue weighted by Crippen LogP contribution is 2.22. The number of benzene rings is 2. The zero-order chi connectivity index (χ0) is 18.6. The van der Waals surface area contributed by atoms with Crippen LogP contribution in [0.4, 0.5) is 0 Å². The van der Waals surface area contributed by atoms with Crippen LogP contribution in [-0.2, 0) is 20.7 Å². The third-order valence-corrected chi connectivity index (χ3v) is 5.69. The van der Waals surface area contributed by atoms with Crippen LogP contribution in [0.3, 0.4) is 0 Å². The van der Waals surface area contributed by atoms with Gasteiger partial charge in [0.25, 0.3) is 0 Å². The smallest absolute Gasteiger partial charge is 0.226 e. The quantitative estimate of drug-likeness (QED) is 0.839. The van der Waals surface area contributed by atoms with Crippen LogP contribution in [0, 0.1) is 5.92 Å². The average Bonchev–Trinajstić information content (AvgIpc) is 2.74. The Balaban J connectivity index is 1.32. The van der Waals surface area contributed by atoms with Gasteiger partial charge in [-0.05, 0) is 29.2 Å². The van der Waals surface area contributed by atoms with Crippen LogP contribution in [0.15, 0.2) is 42.5 Å². The molecule has 2 aliphatic rings. The number of likely N-dealkylation sites (tertiary alicyclic amines) is 1. The Bertz CT molecular complexity index is 821. The Morgan fingerprint density at radius 1 is 0.889 bits per heavy atom. The van der Waals surface area contributed by atoms with Crippen molar-refractivity contribution in [3.05, 3.63) is 48.0 Å². The van der Waals surface area contributed by atoms with Crippen molar-refractivity contribution in [2.45, 2.75) is 19.3 Å². The standard InChI is InChI=1S/C22H26N2O3/c25-21(16-17-5-6-18-3-1-2-4-20(18)15-17)23-9-7-19(8-10-23)22(26)24-11-13-27-14-12-24/h1-6,15,19H,7-14,16H2. The van der Waals surface area contributed by atoms with Crippen LogP contribution in [-0.4, -0.2) is 61.0 Å². The van der Waals surface area contributed by atoms with Crippen molar-refractivity contribution in [3.8, 4) is 0 Å². The van der Waals surface area contributed by atoms with E-state index in [0.29, 0.717) is 45.8 Å². The topological polar surface area (TPSA) is 49.9 Å². The first kappa shape index (κ1) is 18.0. The third kappa shape index (κ3) is 4.14. The average molecular weight is 366 g/mol. The van der Waals surface area contributed by atoms with Gasteiger partial charge in [-0.1, -0.05) is 42.5 Å². The number of hydrogen-bond acceptors (Lipinski definition) is 3. The second kappa shape index (κ2) is 8.09. The van der Waals surface area contributed by atoms with Crippen LogP contribution in [0.2, 0.25) is 0 Å². The molecule has 5 heteroatoms. The summed E-state index contributed by atoms with van der Waals surface area (Å²) in [6.07, 6.45) is 1.95. The lowest BCUT2D eigenvalue weighted by Gasteiger charge is -2.35. The second-order valence-electron chi connectivity index (χ2n) is 7.45. The predicted molar refractivity (Wildman–Crippen MR) is 104 cm³/mol. The van der Waals surface area contributed by atoms with Crippen molar-refractivity contribution in [3.63, 3.8) is 0 Å². The van der Waals surface area contributed by atoms with Gasteiger partial charge >= 0.3 is 0 Å². The van der Waals surface area contributed by atoms with E-state index in [2.05, 4.69) is 24.3 Å².